The van der Waals surface area contributed by atoms with Crippen LogP contribution in [-0.4, -0.2) is 84.5 Å². The number of esters is 2. The second-order valence-electron chi connectivity index (χ2n) is 19.7. The Hall–Kier alpha value is -3.54. The van der Waals surface area contributed by atoms with Crippen molar-refractivity contribution in [2.24, 2.45) is 10.8 Å². The molecule has 0 bridgehead atoms. The van der Waals surface area contributed by atoms with Crippen LogP contribution in [0.15, 0.2) is 60.7 Å². The first-order chi connectivity index (χ1) is 26.3. The molecule has 0 spiro atoms. The van der Waals surface area contributed by atoms with Crippen molar-refractivity contribution in [1.29, 1.82) is 0 Å². The predicted molar refractivity (Wildman–Crippen MR) is 228 cm³/mol. The van der Waals surface area contributed by atoms with Gasteiger partial charge in [0.25, 0.3) is 0 Å². The van der Waals surface area contributed by atoms with Crippen LogP contribution in [0.25, 0.3) is 0 Å². The Morgan fingerprint density at radius 3 is 1.39 bits per heavy atom. The number of rotatable bonds is 14. The number of carbonyl (C=O) groups excluding carboxylic acids is 4. The highest BCUT2D eigenvalue weighted by atomic mass is 28.4. The molecular weight excluding hydrogens is 737 g/mol. The molecule has 4 atom stereocenters. The van der Waals surface area contributed by atoms with E-state index in [2.05, 4.69) is 33.9 Å². The lowest BCUT2D eigenvalue weighted by atomic mass is 9.82. The second-order valence-corrected chi connectivity index (χ2v) is 24.5. The van der Waals surface area contributed by atoms with Crippen molar-refractivity contribution in [1.82, 2.24) is 9.80 Å². The number of hydrogen-bond donors (Lipinski definition) is 1. The topological polar surface area (TPSA) is 123 Å². The third kappa shape index (κ3) is 13.0. The number of hydrogen-bond acceptors (Lipinski definition) is 8. The zero-order valence-corrected chi connectivity index (χ0v) is 38.2. The van der Waals surface area contributed by atoms with Crippen molar-refractivity contribution >= 4 is 32.1 Å². The fourth-order valence-corrected chi connectivity index (χ4v) is 8.30. The Balaban J connectivity index is 0.000000315. The summed E-state index contributed by atoms with van der Waals surface area (Å²) in [5.74, 6) is -0.643. The van der Waals surface area contributed by atoms with E-state index < -0.39 is 30.3 Å². The van der Waals surface area contributed by atoms with Gasteiger partial charge in [-0.15, -0.1) is 0 Å². The minimum atomic E-state index is -1.85. The van der Waals surface area contributed by atoms with Gasteiger partial charge < -0.3 is 28.8 Å². The zero-order valence-electron chi connectivity index (χ0n) is 37.2. The number of ether oxygens (including phenoxy) is 2. The van der Waals surface area contributed by atoms with E-state index >= 15 is 0 Å². The zero-order chi connectivity index (χ0) is 43.0. The summed E-state index contributed by atoms with van der Waals surface area (Å²) in [4.78, 5) is 55.6. The van der Waals surface area contributed by atoms with Gasteiger partial charge in [0.1, 0.15) is 11.2 Å². The van der Waals surface area contributed by atoms with E-state index in [0.717, 1.165) is 17.5 Å². The summed E-state index contributed by atoms with van der Waals surface area (Å²) < 4.78 is 17.8. The molecule has 0 saturated carbocycles. The molecule has 57 heavy (non-hydrogen) atoms. The molecule has 2 saturated heterocycles. The average molecular weight is 809 g/mol. The highest BCUT2D eigenvalue weighted by molar-refractivity contribution is 6.74. The third-order valence-electron chi connectivity index (χ3n) is 11.6. The molecule has 2 fully saturated rings. The summed E-state index contributed by atoms with van der Waals surface area (Å²) in [6.45, 7) is 27.6. The van der Waals surface area contributed by atoms with Crippen molar-refractivity contribution in [3.8, 4) is 0 Å². The van der Waals surface area contributed by atoms with Crippen molar-refractivity contribution in [3.63, 3.8) is 0 Å². The van der Waals surface area contributed by atoms with Crippen LogP contribution < -0.4 is 0 Å². The molecule has 11 heteroatoms. The van der Waals surface area contributed by atoms with Crippen LogP contribution in [0.1, 0.15) is 138 Å². The Morgan fingerprint density at radius 1 is 0.684 bits per heavy atom. The van der Waals surface area contributed by atoms with Crippen LogP contribution in [0.3, 0.4) is 0 Å². The van der Waals surface area contributed by atoms with Gasteiger partial charge in [-0.1, -0.05) is 81.4 Å². The summed E-state index contributed by atoms with van der Waals surface area (Å²) in [5.41, 5.74) is -0.797. The molecule has 2 aliphatic rings. The van der Waals surface area contributed by atoms with Crippen molar-refractivity contribution in [2.45, 2.75) is 156 Å². The van der Waals surface area contributed by atoms with E-state index in [-0.39, 0.29) is 60.3 Å². The minimum Gasteiger partial charge on any atom is -0.459 e. The Bertz CT molecular complexity index is 1650. The summed E-state index contributed by atoms with van der Waals surface area (Å²) >= 11 is 0. The maximum Gasteiger partial charge on any atom is 0.314 e. The third-order valence-corrected chi connectivity index (χ3v) is 16.1. The van der Waals surface area contributed by atoms with Crippen LogP contribution >= 0.6 is 0 Å². The predicted octanol–water partition coefficient (Wildman–Crippen LogP) is 9.19. The van der Waals surface area contributed by atoms with E-state index in [1.54, 1.807) is 4.90 Å². The Kier molecular flexibility index (Phi) is 16.0. The number of nitrogens with zero attached hydrogens (tertiary/aromatic N) is 2. The van der Waals surface area contributed by atoms with Crippen molar-refractivity contribution in [3.05, 3.63) is 71.8 Å². The van der Waals surface area contributed by atoms with Gasteiger partial charge in [0.15, 0.2) is 8.32 Å². The number of carbonyl (C=O) groups is 4. The smallest absolute Gasteiger partial charge is 0.314 e. The van der Waals surface area contributed by atoms with Gasteiger partial charge in [-0.05, 0) is 110 Å². The molecule has 0 unspecified atom stereocenters. The van der Waals surface area contributed by atoms with Crippen molar-refractivity contribution in [2.75, 3.05) is 26.3 Å². The Morgan fingerprint density at radius 2 is 1.05 bits per heavy atom. The van der Waals surface area contributed by atoms with Gasteiger partial charge in [-0.25, -0.2) is 0 Å². The van der Waals surface area contributed by atoms with Gasteiger partial charge in [-0.3, -0.25) is 19.2 Å². The molecule has 4 rings (SSSR count). The fraction of sp³-hybridized carbons (Fsp3) is 0.652. The van der Waals surface area contributed by atoms with Crippen LogP contribution in [0.2, 0.25) is 18.1 Å². The summed E-state index contributed by atoms with van der Waals surface area (Å²) in [6.07, 6.45) is 2.56. The first-order valence-corrected chi connectivity index (χ1v) is 23.6. The molecule has 0 aromatic heterocycles. The first kappa shape index (κ1) is 47.8. The van der Waals surface area contributed by atoms with Gasteiger partial charge >= 0.3 is 11.9 Å². The lowest BCUT2D eigenvalue weighted by molar-refractivity contribution is -0.168. The molecule has 1 N–H and O–H groups in total. The van der Waals surface area contributed by atoms with E-state index in [9.17, 15) is 24.3 Å². The van der Waals surface area contributed by atoms with Crippen LogP contribution in [0.5, 0.6) is 0 Å². The molecule has 0 radical (unpaired) electrons. The molecule has 318 valence electrons. The number of aliphatic hydroxyl groups excluding tert-OH is 1. The van der Waals surface area contributed by atoms with Crippen LogP contribution in [0.4, 0.5) is 0 Å². The van der Waals surface area contributed by atoms with Crippen LogP contribution in [0, 0.1) is 10.8 Å². The number of benzene rings is 2. The van der Waals surface area contributed by atoms with E-state index in [0.29, 0.717) is 39.0 Å². The molecule has 2 amide bonds. The SMILES string of the molecule is C[C@H](c1ccccc1)N1C[C@@](CCCO)(C(=O)OC(C)(C)C)CC1=O.C[C@H](c1ccccc1)N1C[C@@](CCCO[Si](C)(C)C(C)(C)C)(C(=O)OC(C)(C)C)CC1=O. The summed E-state index contributed by atoms with van der Waals surface area (Å²) in [7, 11) is -1.85. The maximum absolute atomic E-state index is 13.4. The fourth-order valence-electron chi connectivity index (χ4n) is 7.21. The standard InChI is InChI=1S/C26H43NO4Si.C20H29NO4/c1-20(21-14-11-10-12-15-21)27-19-26(18-22(27)28,23(29)31-24(2,3)4)16-13-17-30-32(8,9)25(5,6)7;1-15(16-9-6-5-7-10-16)21-14-20(11-8-12-22,13-17(21)23)18(24)25-19(2,3)4/h10-12,14-15,20H,13,16-19H2,1-9H3;5-7,9-10,15,22H,8,11-14H2,1-4H3/t20-,26+;15-,20+/m11/s1. The molecule has 2 aromatic rings. The van der Waals surface area contributed by atoms with E-state index in [1.807, 2.05) is 121 Å². The number of likely N-dealkylation sites (tertiary alicyclic amines) is 2. The molecule has 10 nitrogen and oxygen atoms in total. The largest absolute Gasteiger partial charge is 0.459 e. The Labute approximate surface area is 344 Å². The van der Waals surface area contributed by atoms with Gasteiger partial charge in [0.2, 0.25) is 11.8 Å². The lowest BCUT2D eigenvalue weighted by Gasteiger charge is -2.37. The van der Waals surface area contributed by atoms with Crippen molar-refractivity contribution < 1.29 is 38.2 Å². The summed E-state index contributed by atoms with van der Waals surface area (Å²) in [5, 5.41) is 9.36. The van der Waals surface area contributed by atoms with Crippen LogP contribution in [-0.2, 0) is 33.1 Å². The highest BCUT2D eigenvalue weighted by Gasteiger charge is 2.53. The highest BCUT2D eigenvalue weighted by Crippen LogP contribution is 2.44. The quantitative estimate of drug-likeness (QED) is 0.114. The first-order valence-electron chi connectivity index (χ1n) is 20.7. The van der Waals surface area contributed by atoms with E-state index in [4.69, 9.17) is 13.9 Å². The number of amides is 2. The minimum absolute atomic E-state index is 0.00697. The normalized spacial score (nSPS) is 21.5. The van der Waals surface area contributed by atoms with Gasteiger partial charge in [0.05, 0.1) is 22.9 Å². The monoisotopic (exact) mass is 809 g/mol. The molecular formula is C46H72N2O8Si. The maximum atomic E-state index is 13.4. The molecule has 2 aromatic carbocycles. The molecule has 2 heterocycles. The van der Waals surface area contributed by atoms with E-state index in [1.165, 1.54) is 0 Å². The lowest BCUT2D eigenvalue weighted by Crippen LogP contribution is -2.42. The molecule has 0 aliphatic carbocycles. The average Bonchev–Trinajstić information content (AvgIpc) is 3.65. The second kappa shape index (κ2) is 19.0. The van der Waals surface area contributed by atoms with Gasteiger partial charge in [-0.2, -0.15) is 0 Å². The summed E-state index contributed by atoms with van der Waals surface area (Å²) in [6, 6.07) is 19.6. The van der Waals surface area contributed by atoms with Gasteiger partial charge in [0, 0.05) is 39.1 Å². The molecule has 2 aliphatic heterocycles. The number of aliphatic hydroxyl groups is 1.